The highest BCUT2D eigenvalue weighted by Gasteiger charge is 2.28. The maximum Gasteiger partial charge on any atom is 0.323 e. The number of hydrogen-bond acceptors (Lipinski definition) is 2. The van der Waals surface area contributed by atoms with Crippen molar-refractivity contribution in [2.24, 2.45) is 0 Å². The summed E-state index contributed by atoms with van der Waals surface area (Å²) in [6.45, 7) is 5.69. The quantitative estimate of drug-likeness (QED) is 0.138. The van der Waals surface area contributed by atoms with Gasteiger partial charge in [-0.2, -0.15) is 0 Å². The number of esters is 1. The molecular formula is C23H20IO2S+. The van der Waals surface area contributed by atoms with Crippen molar-refractivity contribution in [2.75, 3.05) is 0 Å². The van der Waals surface area contributed by atoms with Gasteiger partial charge >= 0.3 is 5.97 Å². The minimum Gasteiger partial charge on any atom is -0.426 e. The molecule has 0 aliphatic heterocycles. The molecule has 0 amide bonds. The summed E-state index contributed by atoms with van der Waals surface area (Å²) in [5, 5.41) is 0. The van der Waals surface area contributed by atoms with Gasteiger partial charge in [-0.25, -0.2) is 0 Å². The summed E-state index contributed by atoms with van der Waals surface area (Å²) in [6.07, 6.45) is 0. The molecule has 0 saturated heterocycles. The Bertz CT molecular complexity index is 867. The van der Waals surface area contributed by atoms with Gasteiger partial charge in [-0.1, -0.05) is 65.6 Å². The molecule has 1 unspecified atom stereocenters. The molecule has 3 aromatic carbocycles. The molecular weight excluding hydrogens is 467 g/mol. The largest absolute Gasteiger partial charge is 0.426 e. The van der Waals surface area contributed by atoms with Crippen molar-refractivity contribution in [3.63, 3.8) is 0 Å². The summed E-state index contributed by atoms with van der Waals surface area (Å²) in [6, 6.07) is 29.1. The average Bonchev–Trinajstić information content (AvgIpc) is 2.70. The molecule has 4 heteroatoms. The van der Waals surface area contributed by atoms with Gasteiger partial charge in [0.05, 0.1) is 10.9 Å². The zero-order valence-electron chi connectivity index (χ0n) is 15.0. The van der Waals surface area contributed by atoms with Crippen molar-refractivity contribution < 1.29 is 9.53 Å². The molecule has 3 aromatic rings. The lowest BCUT2D eigenvalue weighted by Gasteiger charge is -2.10. The Morgan fingerprint density at radius 3 is 1.74 bits per heavy atom. The van der Waals surface area contributed by atoms with Crippen LogP contribution in [0.25, 0.3) is 5.76 Å². The van der Waals surface area contributed by atoms with Crippen molar-refractivity contribution in [1.82, 2.24) is 0 Å². The molecule has 0 aromatic heterocycles. The number of halogens is 1. The van der Waals surface area contributed by atoms with Crippen molar-refractivity contribution in [2.45, 2.75) is 25.5 Å². The van der Waals surface area contributed by atoms with Crippen molar-refractivity contribution in [1.29, 1.82) is 0 Å². The van der Waals surface area contributed by atoms with E-state index >= 15 is 0 Å². The van der Waals surface area contributed by atoms with Crippen LogP contribution in [0, 0.1) is 0 Å². The number of carbonyl (C=O) groups is 1. The van der Waals surface area contributed by atoms with Gasteiger partial charge in [0.15, 0.2) is 14.7 Å². The minimum atomic E-state index is -0.280. The molecule has 1 atom stereocenters. The van der Waals surface area contributed by atoms with E-state index < -0.39 is 0 Å². The Balaban J connectivity index is 1.90. The van der Waals surface area contributed by atoms with Crippen molar-refractivity contribution in [3.05, 3.63) is 97.1 Å². The molecule has 0 fully saturated rings. The summed E-state index contributed by atoms with van der Waals surface area (Å²) in [5.41, 5.74) is 0.814. The Morgan fingerprint density at radius 2 is 1.30 bits per heavy atom. The van der Waals surface area contributed by atoms with Gasteiger partial charge in [0.25, 0.3) is 0 Å². The van der Waals surface area contributed by atoms with E-state index in [1.807, 2.05) is 46.9 Å². The van der Waals surface area contributed by atoms with Crippen LogP contribution in [-0.4, -0.2) is 9.89 Å². The maximum absolute atomic E-state index is 11.8. The van der Waals surface area contributed by atoms with Crippen molar-refractivity contribution in [3.8, 4) is 0 Å². The highest BCUT2D eigenvalue weighted by Crippen LogP contribution is 2.31. The highest BCUT2D eigenvalue weighted by molar-refractivity contribution is 14.1. The molecule has 0 heterocycles. The van der Waals surface area contributed by atoms with Crippen LogP contribution in [0.5, 0.6) is 0 Å². The van der Waals surface area contributed by atoms with E-state index in [9.17, 15) is 4.79 Å². The van der Waals surface area contributed by atoms with E-state index in [4.69, 9.17) is 4.74 Å². The fourth-order valence-electron chi connectivity index (χ4n) is 2.56. The third-order valence-electron chi connectivity index (χ3n) is 3.92. The predicted octanol–water partition coefficient (Wildman–Crippen LogP) is 6.12. The van der Waals surface area contributed by atoms with Gasteiger partial charge in [0, 0.05) is 5.56 Å². The molecule has 136 valence electrons. The molecule has 0 spiro atoms. The SMILES string of the molecule is C=C(OC(=O)C(C)I)c1ccc([S+](c2ccccc2)c2ccccc2)cc1. The molecule has 0 bridgehead atoms. The summed E-state index contributed by atoms with van der Waals surface area (Å²) < 4.78 is 5.12. The fourth-order valence-corrected chi connectivity index (χ4v) is 4.77. The summed E-state index contributed by atoms with van der Waals surface area (Å²) in [7, 11) is -0.193. The fraction of sp³-hybridized carbons (Fsp3) is 0.0870. The number of hydrogen-bond donors (Lipinski definition) is 0. The number of benzene rings is 3. The Kier molecular flexibility index (Phi) is 6.74. The average molecular weight is 487 g/mol. The lowest BCUT2D eigenvalue weighted by molar-refractivity contribution is -0.135. The van der Waals surface area contributed by atoms with Gasteiger partial charge < -0.3 is 4.74 Å². The molecule has 27 heavy (non-hydrogen) atoms. The van der Waals surface area contributed by atoms with Crippen LogP contribution >= 0.6 is 22.6 Å². The second-order valence-electron chi connectivity index (χ2n) is 5.92. The van der Waals surface area contributed by atoms with E-state index in [1.54, 1.807) is 6.92 Å². The van der Waals surface area contributed by atoms with E-state index in [-0.39, 0.29) is 20.8 Å². The first-order valence-electron chi connectivity index (χ1n) is 8.56. The summed E-state index contributed by atoms with van der Waals surface area (Å²) in [5.74, 6) is 0.104. The lowest BCUT2D eigenvalue weighted by Crippen LogP contribution is -2.12. The second-order valence-corrected chi connectivity index (χ2v) is 9.81. The maximum atomic E-state index is 11.8. The van der Waals surface area contributed by atoms with Gasteiger partial charge in [-0.3, -0.25) is 4.79 Å². The van der Waals surface area contributed by atoms with E-state index in [1.165, 1.54) is 14.7 Å². The topological polar surface area (TPSA) is 26.3 Å². The summed E-state index contributed by atoms with van der Waals surface area (Å²) >= 11 is 2.03. The number of rotatable bonds is 6. The van der Waals surface area contributed by atoms with E-state index in [0.29, 0.717) is 5.76 Å². The van der Waals surface area contributed by atoms with Crippen LogP contribution < -0.4 is 0 Å². The van der Waals surface area contributed by atoms with Gasteiger partial charge in [-0.15, -0.1) is 0 Å². The van der Waals surface area contributed by atoms with Gasteiger partial charge in [0.2, 0.25) is 0 Å². The molecule has 2 nitrogen and oxygen atoms in total. The predicted molar refractivity (Wildman–Crippen MR) is 120 cm³/mol. The molecule has 3 rings (SSSR count). The van der Waals surface area contributed by atoms with Crippen LogP contribution in [0.1, 0.15) is 12.5 Å². The van der Waals surface area contributed by atoms with Crippen LogP contribution in [0.15, 0.2) is 106 Å². The van der Waals surface area contributed by atoms with Crippen molar-refractivity contribution >= 4 is 45.2 Å². The summed E-state index contributed by atoms with van der Waals surface area (Å²) in [4.78, 5) is 15.5. The van der Waals surface area contributed by atoms with Gasteiger partial charge in [0.1, 0.15) is 9.68 Å². The number of ether oxygens (including phenoxy) is 1. The molecule has 0 aliphatic rings. The minimum absolute atomic E-state index is 0.193. The normalized spacial score (nSPS) is 11.8. The highest BCUT2D eigenvalue weighted by atomic mass is 127. The van der Waals surface area contributed by atoms with Crippen LogP contribution in [-0.2, 0) is 20.4 Å². The van der Waals surface area contributed by atoms with Crippen LogP contribution in [0.2, 0.25) is 0 Å². The molecule has 0 radical (unpaired) electrons. The second kappa shape index (κ2) is 9.24. The van der Waals surface area contributed by atoms with Crippen LogP contribution in [0.3, 0.4) is 0 Å². The number of carbonyl (C=O) groups excluding carboxylic acids is 1. The molecule has 0 saturated carbocycles. The van der Waals surface area contributed by atoms with E-state index in [2.05, 4.69) is 67.2 Å². The zero-order valence-corrected chi connectivity index (χ0v) is 17.9. The standard InChI is InChI=1S/C23H20IO2S/c1-17(24)23(25)26-18(2)19-13-15-22(16-14-19)27(20-9-5-3-6-10-20)21-11-7-4-8-12-21/h3-17H,2H2,1H3/q+1. The Morgan fingerprint density at radius 1 is 0.852 bits per heavy atom. The molecule has 0 aliphatic carbocycles. The molecule has 0 N–H and O–H groups in total. The first-order chi connectivity index (χ1) is 13.1. The Hall–Kier alpha value is -2.05. The third kappa shape index (κ3) is 5.02. The van der Waals surface area contributed by atoms with Gasteiger partial charge in [-0.05, 0) is 55.5 Å². The smallest absolute Gasteiger partial charge is 0.323 e. The van der Waals surface area contributed by atoms with E-state index in [0.717, 1.165) is 5.56 Å². The third-order valence-corrected chi connectivity index (χ3v) is 6.66. The lowest BCUT2D eigenvalue weighted by atomic mass is 10.2. The first kappa shape index (κ1) is 19.7. The first-order valence-corrected chi connectivity index (χ1v) is 11.0. The Labute approximate surface area is 176 Å². The van der Waals surface area contributed by atoms with Crippen LogP contribution in [0.4, 0.5) is 0 Å². The zero-order chi connectivity index (χ0) is 19.2. The monoisotopic (exact) mass is 487 g/mol. The number of alkyl halides is 1.